The standard InChI is InChI=1S/C23H26N4O3/c1-3-30-20-10-6-17(7-11-20)23(28)24-18-12-13-27(15-18)22-14-21(25-26-22)16-4-8-19(29-2)9-5-16/h4-11,14,18H,3,12-13,15H2,1-2H3,(H,24,28)(H,25,26)/t18-/m1/s1. The van der Waals surface area contributed by atoms with Crippen LogP contribution in [0.25, 0.3) is 11.3 Å². The highest BCUT2D eigenvalue weighted by molar-refractivity contribution is 5.94. The number of aromatic nitrogens is 2. The Bertz CT molecular complexity index is 982. The van der Waals surface area contributed by atoms with Crippen LogP contribution >= 0.6 is 0 Å². The summed E-state index contributed by atoms with van der Waals surface area (Å²) in [5.41, 5.74) is 2.64. The summed E-state index contributed by atoms with van der Waals surface area (Å²) in [4.78, 5) is 14.7. The number of nitrogens with zero attached hydrogens (tertiary/aromatic N) is 2. The molecule has 0 aliphatic carbocycles. The largest absolute Gasteiger partial charge is 0.497 e. The van der Waals surface area contributed by atoms with Crippen molar-refractivity contribution in [3.63, 3.8) is 0 Å². The van der Waals surface area contributed by atoms with Crippen LogP contribution in [0.5, 0.6) is 11.5 Å². The van der Waals surface area contributed by atoms with Crippen LogP contribution in [0.3, 0.4) is 0 Å². The van der Waals surface area contributed by atoms with E-state index in [9.17, 15) is 4.79 Å². The quantitative estimate of drug-likeness (QED) is 0.628. The average Bonchev–Trinajstić information content (AvgIpc) is 3.44. The van der Waals surface area contributed by atoms with Gasteiger partial charge in [-0.15, -0.1) is 0 Å². The van der Waals surface area contributed by atoms with E-state index in [0.717, 1.165) is 48.1 Å². The van der Waals surface area contributed by atoms with Gasteiger partial charge in [-0.2, -0.15) is 5.10 Å². The number of hydrogen-bond donors (Lipinski definition) is 2. The lowest BCUT2D eigenvalue weighted by Crippen LogP contribution is -2.37. The van der Waals surface area contributed by atoms with Crippen LogP contribution in [0, 0.1) is 0 Å². The van der Waals surface area contributed by atoms with E-state index < -0.39 is 0 Å². The van der Waals surface area contributed by atoms with E-state index in [1.807, 2.05) is 49.4 Å². The molecule has 7 heteroatoms. The average molecular weight is 406 g/mol. The number of carbonyl (C=O) groups is 1. The molecule has 0 bridgehead atoms. The number of carbonyl (C=O) groups excluding carboxylic acids is 1. The molecule has 4 rings (SSSR count). The Morgan fingerprint density at radius 2 is 1.90 bits per heavy atom. The maximum atomic E-state index is 12.6. The minimum atomic E-state index is -0.0640. The molecule has 2 heterocycles. The van der Waals surface area contributed by atoms with Crippen LogP contribution in [0.1, 0.15) is 23.7 Å². The van der Waals surface area contributed by atoms with E-state index in [2.05, 4.69) is 20.4 Å². The van der Waals surface area contributed by atoms with E-state index in [1.54, 1.807) is 19.2 Å². The molecule has 1 saturated heterocycles. The highest BCUT2D eigenvalue weighted by atomic mass is 16.5. The van der Waals surface area contributed by atoms with Gasteiger partial charge in [0, 0.05) is 30.8 Å². The van der Waals surface area contributed by atoms with Crippen LogP contribution in [0.2, 0.25) is 0 Å². The second kappa shape index (κ2) is 8.90. The Morgan fingerprint density at radius 1 is 1.17 bits per heavy atom. The Hall–Kier alpha value is -3.48. The van der Waals surface area contributed by atoms with E-state index in [0.29, 0.717) is 12.2 Å². The minimum absolute atomic E-state index is 0.0640. The monoisotopic (exact) mass is 406 g/mol. The molecule has 7 nitrogen and oxygen atoms in total. The van der Waals surface area contributed by atoms with Crippen LogP contribution < -0.4 is 19.7 Å². The van der Waals surface area contributed by atoms with Crippen LogP contribution in [-0.4, -0.2) is 49.0 Å². The van der Waals surface area contributed by atoms with Gasteiger partial charge in [-0.1, -0.05) is 0 Å². The van der Waals surface area contributed by atoms with Gasteiger partial charge in [0.25, 0.3) is 5.91 Å². The predicted molar refractivity (Wildman–Crippen MR) is 116 cm³/mol. The van der Waals surface area contributed by atoms with Crippen LogP contribution in [-0.2, 0) is 0 Å². The van der Waals surface area contributed by atoms with Gasteiger partial charge in [0.05, 0.1) is 19.4 Å². The fourth-order valence-corrected chi connectivity index (χ4v) is 3.62. The topological polar surface area (TPSA) is 79.5 Å². The third-order valence-electron chi connectivity index (χ3n) is 5.24. The molecule has 3 aromatic rings. The first-order chi connectivity index (χ1) is 14.7. The molecule has 2 N–H and O–H groups in total. The SMILES string of the molecule is CCOc1ccc(C(=O)N[C@@H]2CCN(c3cc(-c4ccc(OC)cc4)[nH]n3)C2)cc1. The lowest BCUT2D eigenvalue weighted by molar-refractivity contribution is 0.0940. The Balaban J connectivity index is 1.35. The summed E-state index contributed by atoms with van der Waals surface area (Å²) in [6.07, 6.45) is 0.882. The fraction of sp³-hybridized carbons (Fsp3) is 0.304. The molecule has 2 aromatic carbocycles. The third-order valence-corrected chi connectivity index (χ3v) is 5.24. The third kappa shape index (κ3) is 4.40. The number of nitrogens with one attached hydrogen (secondary N) is 2. The minimum Gasteiger partial charge on any atom is -0.497 e. The summed E-state index contributed by atoms with van der Waals surface area (Å²) in [5, 5.41) is 10.7. The van der Waals surface area contributed by atoms with Crippen molar-refractivity contribution in [2.75, 3.05) is 31.7 Å². The number of amides is 1. The Morgan fingerprint density at radius 3 is 2.60 bits per heavy atom. The molecule has 1 fully saturated rings. The lowest BCUT2D eigenvalue weighted by Gasteiger charge is -2.16. The number of hydrogen-bond acceptors (Lipinski definition) is 5. The molecule has 0 saturated carbocycles. The second-order valence-corrected chi connectivity index (χ2v) is 7.23. The van der Waals surface area contributed by atoms with Crippen molar-refractivity contribution in [3.8, 4) is 22.8 Å². The zero-order valence-corrected chi connectivity index (χ0v) is 17.2. The molecule has 1 aromatic heterocycles. The van der Waals surface area contributed by atoms with E-state index >= 15 is 0 Å². The predicted octanol–water partition coefficient (Wildman–Crippen LogP) is 3.49. The molecule has 0 spiro atoms. The molecule has 156 valence electrons. The molecule has 1 amide bonds. The van der Waals surface area contributed by atoms with Crippen molar-refractivity contribution < 1.29 is 14.3 Å². The van der Waals surface area contributed by atoms with Gasteiger partial charge >= 0.3 is 0 Å². The van der Waals surface area contributed by atoms with Crippen molar-refractivity contribution >= 4 is 11.7 Å². The molecule has 1 aliphatic rings. The summed E-state index contributed by atoms with van der Waals surface area (Å²) in [7, 11) is 1.65. The highest BCUT2D eigenvalue weighted by Gasteiger charge is 2.26. The number of aromatic amines is 1. The van der Waals surface area contributed by atoms with Gasteiger partial charge in [0.2, 0.25) is 0 Å². The number of rotatable bonds is 7. The first-order valence-electron chi connectivity index (χ1n) is 10.1. The summed E-state index contributed by atoms with van der Waals surface area (Å²) < 4.78 is 10.6. The molecule has 0 unspecified atom stereocenters. The van der Waals surface area contributed by atoms with Crippen molar-refractivity contribution in [1.82, 2.24) is 15.5 Å². The van der Waals surface area contributed by atoms with Crippen LogP contribution in [0.15, 0.2) is 54.6 Å². The first-order valence-corrected chi connectivity index (χ1v) is 10.1. The smallest absolute Gasteiger partial charge is 0.251 e. The van der Waals surface area contributed by atoms with Crippen molar-refractivity contribution in [3.05, 3.63) is 60.2 Å². The molecule has 1 aliphatic heterocycles. The number of benzene rings is 2. The summed E-state index contributed by atoms with van der Waals surface area (Å²) >= 11 is 0. The zero-order chi connectivity index (χ0) is 20.9. The zero-order valence-electron chi connectivity index (χ0n) is 17.2. The van der Waals surface area contributed by atoms with Crippen LogP contribution in [0.4, 0.5) is 5.82 Å². The Kier molecular flexibility index (Phi) is 5.88. The molecule has 0 radical (unpaired) electrons. The van der Waals surface area contributed by atoms with Crippen molar-refractivity contribution in [1.29, 1.82) is 0 Å². The van der Waals surface area contributed by atoms with Gasteiger partial charge in [-0.05, 0) is 67.4 Å². The maximum absolute atomic E-state index is 12.6. The van der Waals surface area contributed by atoms with Crippen molar-refractivity contribution in [2.24, 2.45) is 0 Å². The fourth-order valence-electron chi connectivity index (χ4n) is 3.62. The van der Waals surface area contributed by atoms with E-state index in [4.69, 9.17) is 9.47 Å². The number of H-pyrrole nitrogens is 1. The first kappa shape index (κ1) is 19.8. The number of ether oxygens (including phenoxy) is 2. The number of anilines is 1. The molecular weight excluding hydrogens is 380 g/mol. The van der Waals surface area contributed by atoms with Gasteiger partial charge in [0.1, 0.15) is 11.5 Å². The van der Waals surface area contributed by atoms with Gasteiger partial charge in [0.15, 0.2) is 5.82 Å². The van der Waals surface area contributed by atoms with Gasteiger partial charge in [-0.25, -0.2) is 0 Å². The summed E-state index contributed by atoms with van der Waals surface area (Å²) in [6, 6.07) is 17.2. The van der Waals surface area contributed by atoms with E-state index in [1.165, 1.54) is 0 Å². The van der Waals surface area contributed by atoms with Gasteiger partial charge in [-0.3, -0.25) is 9.89 Å². The maximum Gasteiger partial charge on any atom is 0.251 e. The Labute approximate surface area is 176 Å². The highest BCUT2D eigenvalue weighted by Crippen LogP contribution is 2.26. The second-order valence-electron chi connectivity index (χ2n) is 7.23. The summed E-state index contributed by atoms with van der Waals surface area (Å²) in [6.45, 7) is 4.12. The summed E-state index contributed by atoms with van der Waals surface area (Å²) in [5.74, 6) is 2.42. The van der Waals surface area contributed by atoms with E-state index in [-0.39, 0.29) is 11.9 Å². The van der Waals surface area contributed by atoms with Gasteiger partial charge < -0.3 is 19.7 Å². The van der Waals surface area contributed by atoms with Crippen molar-refractivity contribution in [2.45, 2.75) is 19.4 Å². The molecule has 1 atom stereocenters. The normalized spacial score (nSPS) is 15.8. The lowest BCUT2D eigenvalue weighted by atomic mass is 10.1. The molecule has 30 heavy (non-hydrogen) atoms. The molecular formula is C23H26N4O3. The number of methoxy groups -OCH3 is 1.